The van der Waals surface area contributed by atoms with Crippen LogP contribution in [0.15, 0.2) is 67.3 Å². The van der Waals surface area contributed by atoms with Gasteiger partial charge in [0.2, 0.25) is 0 Å². The lowest BCUT2D eigenvalue weighted by Gasteiger charge is -2.19. The first-order valence-electron chi connectivity index (χ1n) is 6.33. The molecule has 17 heavy (non-hydrogen) atoms. The minimum atomic E-state index is 0.605. The maximum Gasteiger partial charge on any atom is -0.00904 e. The fourth-order valence-corrected chi connectivity index (χ4v) is 2.76. The monoisotopic (exact) mass is 224 g/mol. The van der Waals surface area contributed by atoms with Gasteiger partial charge in [-0.05, 0) is 36.7 Å². The topological polar surface area (TPSA) is 0 Å². The minimum Gasteiger partial charge on any atom is -0.0995 e. The third kappa shape index (κ3) is 2.76. The van der Waals surface area contributed by atoms with Crippen molar-refractivity contribution >= 4 is 0 Å². The molecule has 1 aromatic carbocycles. The SMILES string of the molecule is C=C/C=C\C[C@H]1C(=C)CC[C@@H]1c1ccccc1. The van der Waals surface area contributed by atoms with Gasteiger partial charge in [-0.15, -0.1) is 0 Å². The molecule has 1 aliphatic rings. The van der Waals surface area contributed by atoms with E-state index in [0.29, 0.717) is 11.8 Å². The molecule has 0 unspecified atom stereocenters. The van der Waals surface area contributed by atoms with Gasteiger partial charge in [0.1, 0.15) is 0 Å². The molecule has 0 heterocycles. The summed E-state index contributed by atoms with van der Waals surface area (Å²) in [4.78, 5) is 0. The molecule has 0 saturated heterocycles. The largest absolute Gasteiger partial charge is 0.0995 e. The molecule has 2 rings (SSSR count). The van der Waals surface area contributed by atoms with Crippen LogP contribution in [0.25, 0.3) is 0 Å². The van der Waals surface area contributed by atoms with Crippen LogP contribution in [0.4, 0.5) is 0 Å². The zero-order valence-electron chi connectivity index (χ0n) is 10.3. The summed E-state index contributed by atoms with van der Waals surface area (Å²) in [5.74, 6) is 1.26. The van der Waals surface area contributed by atoms with E-state index in [1.165, 1.54) is 24.0 Å². The normalized spacial score (nSPS) is 24.4. The van der Waals surface area contributed by atoms with Gasteiger partial charge in [0.25, 0.3) is 0 Å². The van der Waals surface area contributed by atoms with Gasteiger partial charge >= 0.3 is 0 Å². The first-order chi connectivity index (χ1) is 8.33. The molecule has 0 spiro atoms. The Morgan fingerprint density at radius 3 is 2.71 bits per heavy atom. The van der Waals surface area contributed by atoms with E-state index in [1.807, 2.05) is 12.2 Å². The predicted octanol–water partition coefficient (Wildman–Crippen LogP) is 4.87. The van der Waals surface area contributed by atoms with Crippen molar-refractivity contribution in [1.29, 1.82) is 0 Å². The van der Waals surface area contributed by atoms with Crippen molar-refractivity contribution in [3.05, 3.63) is 72.9 Å². The van der Waals surface area contributed by atoms with E-state index in [0.717, 1.165) is 6.42 Å². The fraction of sp³-hybridized carbons (Fsp3) is 0.294. The van der Waals surface area contributed by atoms with Gasteiger partial charge in [0, 0.05) is 0 Å². The van der Waals surface area contributed by atoms with Crippen LogP contribution in [0.5, 0.6) is 0 Å². The van der Waals surface area contributed by atoms with Gasteiger partial charge < -0.3 is 0 Å². The average Bonchev–Trinajstić information content (AvgIpc) is 2.73. The van der Waals surface area contributed by atoms with Crippen LogP contribution in [0.2, 0.25) is 0 Å². The van der Waals surface area contributed by atoms with Crippen LogP contribution in [0, 0.1) is 5.92 Å². The van der Waals surface area contributed by atoms with Crippen LogP contribution in [-0.4, -0.2) is 0 Å². The minimum absolute atomic E-state index is 0.605. The number of allylic oxidation sites excluding steroid dienone is 4. The van der Waals surface area contributed by atoms with Crippen LogP contribution < -0.4 is 0 Å². The Morgan fingerprint density at radius 1 is 1.24 bits per heavy atom. The number of hydrogen-bond donors (Lipinski definition) is 0. The average molecular weight is 224 g/mol. The Balaban J connectivity index is 2.13. The van der Waals surface area contributed by atoms with Gasteiger partial charge in [0.05, 0.1) is 0 Å². The van der Waals surface area contributed by atoms with Gasteiger partial charge in [-0.2, -0.15) is 0 Å². The third-order valence-corrected chi connectivity index (χ3v) is 3.68. The molecule has 1 saturated carbocycles. The van der Waals surface area contributed by atoms with Crippen molar-refractivity contribution in [1.82, 2.24) is 0 Å². The molecule has 88 valence electrons. The quantitative estimate of drug-likeness (QED) is 0.505. The van der Waals surface area contributed by atoms with Gasteiger partial charge in [-0.25, -0.2) is 0 Å². The molecule has 0 heteroatoms. The Labute approximate surface area is 104 Å². The van der Waals surface area contributed by atoms with Crippen molar-refractivity contribution in [2.24, 2.45) is 5.92 Å². The molecule has 0 bridgehead atoms. The van der Waals surface area contributed by atoms with Crippen molar-refractivity contribution < 1.29 is 0 Å². The van der Waals surface area contributed by atoms with E-state index >= 15 is 0 Å². The second-order valence-electron chi connectivity index (χ2n) is 4.72. The van der Waals surface area contributed by atoms with Crippen LogP contribution in [0.1, 0.15) is 30.7 Å². The van der Waals surface area contributed by atoms with E-state index < -0.39 is 0 Å². The second-order valence-corrected chi connectivity index (χ2v) is 4.72. The number of hydrogen-bond acceptors (Lipinski definition) is 0. The zero-order chi connectivity index (χ0) is 12.1. The number of rotatable bonds is 4. The van der Waals surface area contributed by atoms with Gasteiger partial charge in [-0.1, -0.05) is 67.3 Å². The summed E-state index contributed by atoms with van der Waals surface area (Å²) in [6.45, 7) is 7.94. The van der Waals surface area contributed by atoms with Crippen LogP contribution in [0.3, 0.4) is 0 Å². The van der Waals surface area contributed by atoms with Gasteiger partial charge in [-0.3, -0.25) is 0 Å². The molecule has 1 aliphatic carbocycles. The summed E-state index contributed by atoms with van der Waals surface area (Å²) in [5, 5.41) is 0. The smallest absolute Gasteiger partial charge is 0.00904 e. The van der Waals surface area contributed by atoms with E-state index in [4.69, 9.17) is 0 Å². The van der Waals surface area contributed by atoms with E-state index in [1.54, 1.807) is 0 Å². The van der Waals surface area contributed by atoms with E-state index in [9.17, 15) is 0 Å². The summed E-state index contributed by atoms with van der Waals surface area (Å²) in [7, 11) is 0. The molecule has 0 aromatic heterocycles. The number of benzene rings is 1. The molecule has 2 atom stereocenters. The first-order valence-corrected chi connectivity index (χ1v) is 6.33. The van der Waals surface area contributed by atoms with Gasteiger partial charge in [0.15, 0.2) is 0 Å². The van der Waals surface area contributed by atoms with Crippen molar-refractivity contribution in [3.8, 4) is 0 Å². The maximum absolute atomic E-state index is 4.23. The summed E-state index contributed by atoms with van der Waals surface area (Å²) in [6, 6.07) is 10.8. The summed E-state index contributed by atoms with van der Waals surface area (Å²) >= 11 is 0. The van der Waals surface area contributed by atoms with Crippen molar-refractivity contribution in [2.75, 3.05) is 0 Å². The summed E-state index contributed by atoms with van der Waals surface area (Å²) < 4.78 is 0. The Kier molecular flexibility index (Phi) is 3.98. The van der Waals surface area contributed by atoms with Crippen LogP contribution >= 0.6 is 0 Å². The molecular weight excluding hydrogens is 204 g/mol. The predicted molar refractivity (Wildman–Crippen MR) is 75.0 cm³/mol. The highest BCUT2D eigenvalue weighted by Crippen LogP contribution is 2.44. The lowest BCUT2D eigenvalue weighted by Crippen LogP contribution is -2.06. The third-order valence-electron chi connectivity index (χ3n) is 3.68. The summed E-state index contributed by atoms with van der Waals surface area (Å²) in [5.41, 5.74) is 2.87. The second kappa shape index (κ2) is 5.67. The Bertz CT molecular complexity index is 411. The van der Waals surface area contributed by atoms with E-state index in [2.05, 4.69) is 49.6 Å². The molecule has 0 aliphatic heterocycles. The molecule has 1 aromatic rings. The molecule has 0 N–H and O–H groups in total. The Hall–Kier alpha value is -1.56. The molecule has 1 fully saturated rings. The highest BCUT2D eigenvalue weighted by Gasteiger charge is 2.30. The molecular formula is C17H20. The highest BCUT2D eigenvalue weighted by atomic mass is 14.3. The Morgan fingerprint density at radius 2 is 2.00 bits per heavy atom. The summed E-state index contributed by atoms with van der Waals surface area (Å²) in [6.07, 6.45) is 9.60. The molecule has 0 amide bonds. The van der Waals surface area contributed by atoms with Crippen molar-refractivity contribution in [3.63, 3.8) is 0 Å². The fourth-order valence-electron chi connectivity index (χ4n) is 2.76. The standard InChI is InChI=1S/C17H20/c1-3-4-6-11-16-14(2)12-13-17(16)15-9-7-5-8-10-15/h3-10,16-17H,1-2,11-13H2/b6-4-/t16-,17+/m0/s1. The van der Waals surface area contributed by atoms with Crippen molar-refractivity contribution in [2.45, 2.75) is 25.2 Å². The first kappa shape index (κ1) is 11.9. The lowest BCUT2D eigenvalue weighted by atomic mass is 9.85. The zero-order valence-corrected chi connectivity index (χ0v) is 10.3. The highest BCUT2D eigenvalue weighted by molar-refractivity contribution is 5.27. The van der Waals surface area contributed by atoms with E-state index in [-0.39, 0.29) is 0 Å². The molecule has 0 nitrogen and oxygen atoms in total. The lowest BCUT2D eigenvalue weighted by molar-refractivity contribution is 0.545. The van der Waals surface area contributed by atoms with Crippen LogP contribution in [-0.2, 0) is 0 Å². The molecule has 0 radical (unpaired) electrons. The maximum atomic E-state index is 4.23.